The first-order chi connectivity index (χ1) is 15.7. The molecule has 0 bridgehead atoms. The number of carbonyl (C=O) groups is 1. The van der Waals surface area contributed by atoms with E-state index in [1.807, 2.05) is 70.2 Å². The molecule has 1 fully saturated rings. The van der Waals surface area contributed by atoms with Crippen molar-refractivity contribution in [2.24, 2.45) is 0 Å². The van der Waals surface area contributed by atoms with Gasteiger partial charge < -0.3 is 14.4 Å². The van der Waals surface area contributed by atoms with Gasteiger partial charge in [0.2, 0.25) is 5.65 Å². The lowest BCUT2D eigenvalue weighted by molar-refractivity contribution is 0.0295. The number of carbonyl (C=O) groups excluding carboxylic acids is 1. The van der Waals surface area contributed by atoms with Crippen molar-refractivity contribution >= 4 is 23.3 Å². The molecule has 8 heteroatoms. The van der Waals surface area contributed by atoms with Crippen molar-refractivity contribution in [2.75, 3.05) is 20.2 Å². The first kappa shape index (κ1) is 26.5. The Hall–Kier alpha value is -2.80. The fourth-order valence-electron chi connectivity index (χ4n) is 3.29. The van der Waals surface area contributed by atoms with Crippen LogP contribution in [-0.2, 0) is 4.74 Å². The van der Waals surface area contributed by atoms with E-state index in [9.17, 15) is 4.79 Å². The average molecular weight is 475 g/mol. The number of pyridine rings is 1. The molecule has 2 aromatic heterocycles. The van der Waals surface area contributed by atoms with Gasteiger partial charge in [-0.2, -0.15) is 0 Å². The van der Waals surface area contributed by atoms with E-state index in [0.717, 1.165) is 37.2 Å². The number of nitrogens with zero attached hydrogens (tertiary/aromatic N) is 4. The van der Waals surface area contributed by atoms with Gasteiger partial charge in [-0.15, -0.1) is 10.2 Å². The summed E-state index contributed by atoms with van der Waals surface area (Å²) in [5.41, 5.74) is 3.38. The average Bonchev–Trinajstić information content (AvgIpc) is 3.47. The highest BCUT2D eigenvalue weighted by molar-refractivity contribution is 6.33. The summed E-state index contributed by atoms with van der Waals surface area (Å²) >= 11 is 6.36. The SMILES string of the molecule is CC.CC(C)(C)OC(=O)N1CCCC1.COc1cc(Cl)c(-c2ccc(C)cc2)n2cnnc12. The first-order valence-electron chi connectivity index (χ1n) is 11.3. The number of halogens is 1. The Morgan fingerprint density at radius 2 is 1.70 bits per heavy atom. The van der Waals surface area contributed by atoms with Gasteiger partial charge >= 0.3 is 6.09 Å². The molecular formula is C25H35ClN4O3. The van der Waals surface area contributed by atoms with E-state index in [-0.39, 0.29) is 11.7 Å². The maximum Gasteiger partial charge on any atom is 0.410 e. The molecule has 0 N–H and O–H groups in total. The smallest absolute Gasteiger partial charge is 0.410 e. The van der Waals surface area contributed by atoms with Crippen LogP contribution in [0.5, 0.6) is 5.75 Å². The Morgan fingerprint density at radius 3 is 2.24 bits per heavy atom. The van der Waals surface area contributed by atoms with Crippen LogP contribution in [0, 0.1) is 6.92 Å². The lowest BCUT2D eigenvalue weighted by Crippen LogP contribution is -2.34. The van der Waals surface area contributed by atoms with Crippen LogP contribution < -0.4 is 4.74 Å². The lowest BCUT2D eigenvalue weighted by atomic mass is 10.1. The number of amides is 1. The van der Waals surface area contributed by atoms with Crippen LogP contribution in [0.3, 0.4) is 0 Å². The minimum Gasteiger partial charge on any atom is -0.493 e. The van der Waals surface area contributed by atoms with Crippen LogP contribution in [0.25, 0.3) is 16.9 Å². The number of ether oxygens (including phenoxy) is 2. The van der Waals surface area contributed by atoms with Gasteiger partial charge in [0.15, 0.2) is 5.75 Å². The summed E-state index contributed by atoms with van der Waals surface area (Å²) in [5.74, 6) is 0.610. The van der Waals surface area contributed by atoms with Gasteiger partial charge in [-0.3, -0.25) is 4.40 Å². The van der Waals surface area contributed by atoms with Gasteiger partial charge in [0.05, 0.1) is 17.8 Å². The molecule has 1 saturated heterocycles. The van der Waals surface area contributed by atoms with Crippen molar-refractivity contribution < 1.29 is 14.3 Å². The van der Waals surface area contributed by atoms with E-state index in [0.29, 0.717) is 16.4 Å². The standard InChI is InChI=1S/C14H12ClN3O.C9H17NO2.C2H6/c1-9-3-5-10(6-4-9)13-11(15)7-12(19-2)14-17-16-8-18(13)14;1-9(2,3)12-8(11)10-6-4-5-7-10;1-2/h3-8H,1-2H3;4-7H2,1-3H3;1-2H3. The summed E-state index contributed by atoms with van der Waals surface area (Å²) in [6.07, 6.45) is 3.69. The van der Waals surface area contributed by atoms with Crippen molar-refractivity contribution in [3.8, 4) is 17.0 Å². The van der Waals surface area contributed by atoms with E-state index < -0.39 is 0 Å². The van der Waals surface area contributed by atoms with Crippen LogP contribution in [-0.4, -0.2) is 51.4 Å². The van der Waals surface area contributed by atoms with E-state index >= 15 is 0 Å². The van der Waals surface area contributed by atoms with Crippen LogP contribution in [0.4, 0.5) is 4.79 Å². The largest absolute Gasteiger partial charge is 0.493 e. The molecule has 4 rings (SSSR count). The Kier molecular flexibility index (Phi) is 9.53. The predicted octanol–water partition coefficient (Wildman–Crippen LogP) is 6.41. The summed E-state index contributed by atoms with van der Waals surface area (Å²) in [5, 5.41) is 8.60. The molecule has 7 nitrogen and oxygen atoms in total. The quantitative estimate of drug-likeness (QED) is 0.429. The van der Waals surface area contributed by atoms with Crippen molar-refractivity contribution in [3.05, 3.63) is 47.2 Å². The molecule has 180 valence electrons. The lowest BCUT2D eigenvalue weighted by Gasteiger charge is -2.23. The number of methoxy groups -OCH3 is 1. The Bertz CT molecular complexity index is 1040. The maximum absolute atomic E-state index is 11.4. The number of aryl methyl sites for hydroxylation is 1. The third-order valence-corrected chi connectivity index (χ3v) is 5.08. The van der Waals surface area contributed by atoms with Crippen molar-refractivity contribution in [3.63, 3.8) is 0 Å². The zero-order chi connectivity index (χ0) is 24.6. The monoisotopic (exact) mass is 474 g/mol. The number of hydrogen-bond acceptors (Lipinski definition) is 5. The number of aromatic nitrogens is 3. The summed E-state index contributed by atoms with van der Waals surface area (Å²) in [6, 6.07) is 9.92. The molecule has 0 saturated carbocycles. The second kappa shape index (κ2) is 11.9. The van der Waals surface area contributed by atoms with E-state index in [1.54, 1.807) is 24.4 Å². The molecule has 33 heavy (non-hydrogen) atoms. The van der Waals surface area contributed by atoms with Crippen LogP contribution in [0.15, 0.2) is 36.7 Å². The Labute approximate surface area is 201 Å². The molecule has 3 heterocycles. The van der Waals surface area contributed by atoms with Gasteiger partial charge in [-0.1, -0.05) is 55.3 Å². The molecule has 1 aliphatic heterocycles. The topological polar surface area (TPSA) is 69.0 Å². The van der Waals surface area contributed by atoms with Gasteiger partial charge in [-0.05, 0) is 40.5 Å². The molecule has 1 aliphatic rings. The third kappa shape index (κ3) is 7.09. The molecule has 1 aromatic carbocycles. The summed E-state index contributed by atoms with van der Waals surface area (Å²) in [7, 11) is 1.59. The molecule has 0 aliphatic carbocycles. The molecule has 1 amide bonds. The second-order valence-corrected chi connectivity index (χ2v) is 8.88. The normalized spacial score (nSPS) is 13.0. The number of hydrogen-bond donors (Lipinski definition) is 0. The third-order valence-electron chi connectivity index (χ3n) is 4.80. The van der Waals surface area contributed by atoms with E-state index in [4.69, 9.17) is 21.1 Å². The van der Waals surface area contributed by atoms with Gasteiger partial charge in [-0.25, -0.2) is 4.79 Å². The van der Waals surface area contributed by atoms with Gasteiger partial charge in [0, 0.05) is 24.7 Å². The van der Waals surface area contributed by atoms with Crippen molar-refractivity contribution in [1.82, 2.24) is 19.5 Å². The molecule has 0 spiro atoms. The minimum absolute atomic E-state index is 0.167. The van der Waals surface area contributed by atoms with Gasteiger partial charge in [0.25, 0.3) is 0 Å². The van der Waals surface area contributed by atoms with Gasteiger partial charge in [0.1, 0.15) is 11.9 Å². The summed E-state index contributed by atoms with van der Waals surface area (Å²) in [6.45, 7) is 13.4. The first-order valence-corrected chi connectivity index (χ1v) is 11.7. The molecule has 0 atom stereocenters. The molecule has 0 unspecified atom stereocenters. The highest BCUT2D eigenvalue weighted by Crippen LogP contribution is 2.33. The van der Waals surface area contributed by atoms with Crippen LogP contribution in [0.2, 0.25) is 5.02 Å². The van der Waals surface area contributed by atoms with Crippen LogP contribution in [0.1, 0.15) is 53.0 Å². The zero-order valence-corrected chi connectivity index (χ0v) is 21.4. The zero-order valence-electron chi connectivity index (χ0n) is 20.7. The molecular weight excluding hydrogens is 440 g/mol. The second-order valence-electron chi connectivity index (χ2n) is 8.47. The number of fused-ring (bicyclic) bond motifs is 1. The summed E-state index contributed by atoms with van der Waals surface area (Å²) < 4.78 is 12.3. The predicted molar refractivity (Wildman–Crippen MR) is 133 cm³/mol. The highest BCUT2D eigenvalue weighted by Gasteiger charge is 2.23. The minimum atomic E-state index is -0.361. The number of rotatable bonds is 2. The van der Waals surface area contributed by atoms with E-state index in [2.05, 4.69) is 10.2 Å². The summed E-state index contributed by atoms with van der Waals surface area (Å²) in [4.78, 5) is 13.1. The van der Waals surface area contributed by atoms with Crippen molar-refractivity contribution in [1.29, 1.82) is 0 Å². The Morgan fingerprint density at radius 1 is 1.09 bits per heavy atom. The fraction of sp³-hybridized carbons (Fsp3) is 0.480. The van der Waals surface area contributed by atoms with E-state index in [1.165, 1.54) is 5.56 Å². The highest BCUT2D eigenvalue weighted by atomic mass is 35.5. The van der Waals surface area contributed by atoms with Crippen molar-refractivity contribution in [2.45, 2.75) is 60.0 Å². The number of likely N-dealkylation sites (tertiary alicyclic amines) is 1. The molecule has 0 radical (unpaired) electrons. The molecule has 3 aromatic rings. The number of benzene rings is 1. The fourth-order valence-corrected chi connectivity index (χ4v) is 3.59. The van der Waals surface area contributed by atoms with Crippen LogP contribution >= 0.6 is 11.6 Å². The Balaban J connectivity index is 0.000000238. The maximum atomic E-state index is 11.4.